The Kier molecular flexibility index (Phi) is 6.57. The summed E-state index contributed by atoms with van der Waals surface area (Å²) in [5.74, 6) is -0.130. The van der Waals surface area contributed by atoms with Crippen LogP contribution in [0.25, 0.3) is 0 Å². The van der Waals surface area contributed by atoms with Crippen molar-refractivity contribution in [3.63, 3.8) is 0 Å². The molecule has 0 bridgehead atoms. The summed E-state index contributed by atoms with van der Waals surface area (Å²) in [6, 6.07) is 9.16. The molecule has 0 spiro atoms. The number of piperidine rings is 1. The van der Waals surface area contributed by atoms with Gasteiger partial charge in [0.15, 0.2) is 0 Å². The Morgan fingerprint density at radius 1 is 1.25 bits per heavy atom. The third-order valence-corrected chi connectivity index (χ3v) is 4.81. The van der Waals surface area contributed by atoms with E-state index in [1.807, 2.05) is 30.3 Å². The molecule has 1 aromatic carbocycles. The number of amides is 2. The van der Waals surface area contributed by atoms with Gasteiger partial charge in [0.25, 0.3) is 0 Å². The average Bonchev–Trinajstić information content (AvgIpc) is 2.63. The van der Waals surface area contributed by atoms with Crippen molar-refractivity contribution in [2.24, 2.45) is 0 Å². The van der Waals surface area contributed by atoms with Crippen LogP contribution in [0, 0.1) is 0 Å². The molecule has 28 heavy (non-hydrogen) atoms. The van der Waals surface area contributed by atoms with Gasteiger partial charge >= 0.3 is 6.09 Å². The first-order chi connectivity index (χ1) is 13.3. The van der Waals surface area contributed by atoms with Gasteiger partial charge in [-0.05, 0) is 45.6 Å². The molecule has 2 amide bonds. The maximum Gasteiger partial charge on any atom is 0.408 e. The lowest BCUT2D eigenvalue weighted by Gasteiger charge is -2.46. The molecule has 1 N–H and O–H groups in total. The van der Waals surface area contributed by atoms with Gasteiger partial charge in [-0.25, -0.2) is 4.79 Å². The van der Waals surface area contributed by atoms with E-state index < -0.39 is 17.7 Å². The summed E-state index contributed by atoms with van der Waals surface area (Å²) in [6.07, 6.45) is 1.79. The van der Waals surface area contributed by atoms with Gasteiger partial charge in [-0.15, -0.1) is 0 Å². The van der Waals surface area contributed by atoms with Gasteiger partial charge in [-0.2, -0.15) is 0 Å². The molecular formula is C21H30N2O5. The molecule has 0 unspecified atom stereocenters. The number of fused-ring (bicyclic) bond motifs is 1. The van der Waals surface area contributed by atoms with E-state index in [0.29, 0.717) is 13.2 Å². The molecule has 2 heterocycles. The number of ether oxygens (including phenoxy) is 3. The largest absolute Gasteiger partial charge is 0.444 e. The van der Waals surface area contributed by atoms with E-state index in [4.69, 9.17) is 14.2 Å². The van der Waals surface area contributed by atoms with Crippen molar-refractivity contribution < 1.29 is 23.8 Å². The molecule has 7 nitrogen and oxygen atoms in total. The molecule has 2 aliphatic heterocycles. The monoisotopic (exact) mass is 390 g/mol. The van der Waals surface area contributed by atoms with Gasteiger partial charge < -0.3 is 24.4 Å². The minimum absolute atomic E-state index is 0.0572. The van der Waals surface area contributed by atoms with E-state index in [1.165, 1.54) is 0 Å². The summed E-state index contributed by atoms with van der Waals surface area (Å²) in [6.45, 7) is 6.46. The minimum atomic E-state index is -0.735. The second-order valence-electron chi connectivity index (χ2n) is 8.32. The fourth-order valence-corrected chi connectivity index (χ4v) is 3.59. The standard InChI is InChI=1S/C21H30N2O5/c1-21(2,3)28-20(25)22-17-14-27-18-11-7-10-16(23(18)19(17)24)13-26-12-15-8-5-4-6-9-15/h4-6,8-9,16-18H,7,10-14H2,1-3H3,(H,22,25)/t16-,17+,18+/m0/s1. The van der Waals surface area contributed by atoms with Gasteiger partial charge in [0.1, 0.15) is 17.9 Å². The minimum Gasteiger partial charge on any atom is -0.444 e. The number of rotatable bonds is 5. The number of carbonyl (C=O) groups is 2. The molecular weight excluding hydrogens is 360 g/mol. The first-order valence-electron chi connectivity index (χ1n) is 9.88. The quantitative estimate of drug-likeness (QED) is 0.837. The predicted octanol–water partition coefficient (Wildman–Crippen LogP) is 2.83. The maximum absolute atomic E-state index is 13.0. The summed E-state index contributed by atoms with van der Waals surface area (Å²) in [7, 11) is 0. The maximum atomic E-state index is 13.0. The lowest BCUT2D eigenvalue weighted by atomic mass is 9.98. The Morgan fingerprint density at radius 3 is 2.71 bits per heavy atom. The van der Waals surface area contributed by atoms with Crippen LogP contribution in [0.3, 0.4) is 0 Å². The Bertz CT molecular complexity index is 673. The molecule has 2 saturated heterocycles. The number of benzene rings is 1. The van der Waals surface area contributed by atoms with Crippen LogP contribution in [0.1, 0.15) is 45.6 Å². The Morgan fingerprint density at radius 2 is 2.00 bits per heavy atom. The van der Waals surface area contributed by atoms with E-state index in [1.54, 1.807) is 25.7 Å². The van der Waals surface area contributed by atoms with Crippen LogP contribution in [-0.4, -0.2) is 54.0 Å². The molecule has 3 atom stereocenters. The van der Waals surface area contributed by atoms with Crippen LogP contribution in [0.2, 0.25) is 0 Å². The van der Waals surface area contributed by atoms with Crippen LogP contribution in [-0.2, 0) is 25.6 Å². The number of hydrogen-bond acceptors (Lipinski definition) is 5. The van der Waals surface area contributed by atoms with Crippen molar-refractivity contribution in [3.05, 3.63) is 35.9 Å². The highest BCUT2D eigenvalue weighted by molar-refractivity contribution is 5.87. The van der Waals surface area contributed by atoms with Gasteiger partial charge in [-0.1, -0.05) is 30.3 Å². The Balaban J connectivity index is 1.57. The van der Waals surface area contributed by atoms with Crippen molar-refractivity contribution in [1.82, 2.24) is 10.2 Å². The molecule has 3 rings (SSSR count). The molecule has 0 saturated carbocycles. The van der Waals surface area contributed by atoms with Crippen LogP contribution < -0.4 is 5.32 Å². The lowest BCUT2D eigenvalue weighted by molar-refractivity contribution is -0.183. The van der Waals surface area contributed by atoms with Gasteiger partial charge in [0.05, 0.1) is 25.9 Å². The van der Waals surface area contributed by atoms with Gasteiger partial charge in [0, 0.05) is 0 Å². The topological polar surface area (TPSA) is 77.1 Å². The zero-order valence-electron chi connectivity index (χ0n) is 16.8. The molecule has 2 aliphatic rings. The zero-order valence-corrected chi connectivity index (χ0v) is 16.8. The fourth-order valence-electron chi connectivity index (χ4n) is 3.59. The summed E-state index contributed by atoms with van der Waals surface area (Å²) < 4.78 is 17.0. The number of nitrogens with one attached hydrogen (secondary N) is 1. The van der Waals surface area contributed by atoms with Crippen LogP contribution in [0.15, 0.2) is 30.3 Å². The number of hydrogen-bond donors (Lipinski definition) is 1. The van der Waals surface area contributed by atoms with E-state index in [0.717, 1.165) is 24.8 Å². The average molecular weight is 390 g/mol. The normalized spacial score (nSPS) is 25.2. The van der Waals surface area contributed by atoms with E-state index in [2.05, 4.69) is 5.32 Å². The summed E-state index contributed by atoms with van der Waals surface area (Å²) >= 11 is 0. The van der Waals surface area contributed by atoms with Crippen molar-refractivity contribution in [2.45, 2.75) is 70.6 Å². The molecule has 154 valence electrons. The van der Waals surface area contributed by atoms with Crippen molar-refractivity contribution in [2.75, 3.05) is 13.2 Å². The predicted molar refractivity (Wildman–Crippen MR) is 103 cm³/mol. The second-order valence-corrected chi connectivity index (χ2v) is 8.32. The van der Waals surface area contributed by atoms with E-state index >= 15 is 0 Å². The smallest absolute Gasteiger partial charge is 0.408 e. The molecule has 1 aromatic rings. The summed E-state index contributed by atoms with van der Waals surface area (Å²) in [4.78, 5) is 26.8. The van der Waals surface area contributed by atoms with Crippen molar-refractivity contribution in [3.8, 4) is 0 Å². The molecule has 2 fully saturated rings. The van der Waals surface area contributed by atoms with E-state index in [9.17, 15) is 9.59 Å². The highest BCUT2D eigenvalue weighted by atomic mass is 16.6. The van der Waals surface area contributed by atoms with Gasteiger partial charge in [-0.3, -0.25) is 4.79 Å². The third kappa shape index (κ3) is 5.45. The van der Waals surface area contributed by atoms with Gasteiger partial charge in [0.2, 0.25) is 5.91 Å². The fraction of sp³-hybridized carbons (Fsp3) is 0.619. The Labute approximate surface area is 166 Å². The van der Waals surface area contributed by atoms with Crippen LogP contribution >= 0.6 is 0 Å². The summed E-state index contributed by atoms with van der Waals surface area (Å²) in [5.41, 5.74) is 0.477. The molecule has 7 heteroatoms. The molecule has 0 aliphatic carbocycles. The number of alkyl carbamates (subject to hydrolysis) is 1. The zero-order chi connectivity index (χ0) is 20.1. The molecule has 0 radical (unpaired) electrons. The van der Waals surface area contributed by atoms with E-state index in [-0.39, 0.29) is 24.8 Å². The van der Waals surface area contributed by atoms with Crippen LogP contribution in [0.5, 0.6) is 0 Å². The summed E-state index contributed by atoms with van der Waals surface area (Å²) in [5, 5.41) is 2.64. The Hall–Kier alpha value is -2.12. The lowest BCUT2D eigenvalue weighted by Crippen LogP contribution is -2.64. The third-order valence-electron chi connectivity index (χ3n) is 4.81. The number of carbonyl (C=O) groups excluding carboxylic acids is 2. The number of nitrogens with zero attached hydrogens (tertiary/aromatic N) is 1. The van der Waals surface area contributed by atoms with Crippen molar-refractivity contribution in [1.29, 1.82) is 0 Å². The first-order valence-corrected chi connectivity index (χ1v) is 9.88. The highest BCUT2D eigenvalue weighted by Gasteiger charge is 2.43. The van der Waals surface area contributed by atoms with Crippen molar-refractivity contribution >= 4 is 12.0 Å². The molecule has 0 aromatic heterocycles. The first kappa shape index (κ1) is 20.6. The SMILES string of the molecule is CC(C)(C)OC(=O)N[C@@H]1CO[C@@H]2CCC[C@@H](COCc3ccccc3)N2C1=O. The van der Waals surface area contributed by atoms with Crippen LogP contribution in [0.4, 0.5) is 4.79 Å². The second kappa shape index (κ2) is 8.92. The highest BCUT2D eigenvalue weighted by Crippen LogP contribution is 2.28.